The predicted octanol–water partition coefficient (Wildman–Crippen LogP) is 6.96. The topological polar surface area (TPSA) is 57.5 Å². The second-order valence-electron chi connectivity index (χ2n) is 3.98. The quantitative estimate of drug-likeness (QED) is 0.267. The average molecular weight is 625 g/mol. The zero-order valence-corrected chi connectivity index (χ0v) is 18.9. The molecule has 0 heterocycles. The number of phenolic OH excluding ortho intramolecular Hbond substituents is 1. The molecule has 2 N–H and O–H groups in total. The minimum absolute atomic E-state index is 0.236. The van der Waals surface area contributed by atoms with Crippen LogP contribution in [0.2, 0.25) is 0 Å². The fraction of sp³-hybridized carbons (Fsp3) is 0.0714. The van der Waals surface area contributed by atoms with Crippen LogP contribution in [0, 0.1) is 0 Å². The molecule has 0 unspecified atom stereocenters. The maximum absolute atomic E-state index is 9.98. The van der Waals surface area contributed by atoms with E-state index in [1.807, 2.05) is 12.1 Å². The highest BCUT2D eigenvalue weighted by Gasteiger charge is 2.20. The fourth-order valence-corrected chi connectivity index (χ4v) is 5.00. The van der Waals surface area contributed by atoms with Crippen LogP contribution in [-0.2, 0) is 4.79 Å². The van der Waals surface area contributed by atoms with E-state index in [1.165, 1.54) is 0 Å². The summed E-state index contributed by atoms with van der Waals surface area (Å²) in [7, 11) is 0. The third-order valence-corrected chi connectivity index (χ3v) is 8.48. The lowest BCUT2D eigenvalue weighted by atomic mass is 10.1. The summed E-state index contributed by atoms with van der Waals surface area (Å²) in [5.74, 6) is -0.597. The molecule has 0 bridgehead atoms. The first-order chi connectivity index (χ1) is 10.2. The van der Waals surface area contributed by atoms with Gasteiger partial charge in [-0.15, -0.1) is 0 Å². The Morgan fingerprint density at radius 2 is 1.23 bits per heavy atom. The number of carbonyl (C=O) groups is 1. The molecule has 0 aliphatic rings. The van der Waals surface area contributed by atoms with Crippen LogP contribution < -0.4 is 0 Å². The molecule has 0 radical (unpaired) electrons. The Bertz CT molecular complexity index is 683. The zero-order valence-electron chi connectivity index (χ0n) is 11.0. The number of hydrogen-bond donors (Lipinski definition) is 2. The molecule has 2 aromatic carbocycles. The molecule has 0 aliphatic carbocycles. The number of rotatable bonds is 1. The molecule has 0 fully saturated rings. The molecule has 8 heteroatoms. The van der Waals surface area contributed by atoms with Gasteiger partial charge >= 0.3 is 0 Å². The van der Waals surface area contributed by atoms with Gasteiger partial charge in [-0.2, -0.15) is 0 Å². The number of carboxylic acids is 1. The van der Waals surface area contributed by atoms with Crippen molar-refractivity contribution in [2.45, 2.75) is 6.92 Å². The second kappa shape index (κ2) is 8.82. The molecule has 2 aromatic rings. The van der Waals surface area contributed by atoms with E-state index in [1.54, 1.807) is 12.1 Å². The van der Waals surface area contributed by atoms with Crippen molar-refractivity contribution >= 4 is 85.6 Å². The Kier molecular flexibility index (Phi) is 8.08. The number of aromatic hydroxyl groups is 1. The lowest BCUT2D eigenvalue weighted by Crippen LogP contribution is -1.88. The van der Waals surface area contributed by atoms with Gasteiger partial charge in [-0.3, -0.25) is 4.79 Å². The van der Waals surface area contributed by atoms with Crippen LogP contribution in [0.3, 0.4) is 0 Å². The largest absolute Gasteiger partial charge is 0.507 e. The Labute approximate surface area is 169 Å². The molecular weight excluding hydrogens is 616 g/mol. The van der Waals surface area contributed by atoms with E-state index >= 15 is 0 Å². The molecule has 22 heavy (non-hydrogen) atoms. The highest BCUT2D eigenvalue weighted by molar-refractivity contribution is 9.15. The van der Waals surface area contributed by atoms with Crippen molar-refractivity contribution in [3.63, 3.8) is 0 Å². The summed E-state index contributed by atoms with van der Waals surface area (Å²) in [6, 6.07) is 7.21. The molecular formula is C14H9Br5O3. The average Bonchev–Trinajstić information content (AvgIpc) is 2.45. The van der Waals surface area contributed by atoms with Gasteiger partial charge in [0.1, 0.15) is 5.75 Å². The minimum Gasteiger partial charge on any atom is -0.507 e. The highest BCUT2D eigenvalue weighted by Crippen LogP contribution is 2.50. The summed E-state index contributed by atoms with van der Waals surface area (Å²) in [4.78, 5) is 9.00. The minimum atomic E-state index is -0.833. The molecule has 2 rings (SSSR count). The normalized spacial score (nSPS) is 9.91. The number of phenols is 1. The third-order valence-electron chi connectivity index (χ3n) is 2.38. The number of para-hydroxylation sites is 1. The molecule has 118 valence electrons. The Morgan fingerprint density at radius 3 is 1.64 bits per heavy atom. The van der Waals surface area contributed by atoms with Crippen LogP contribution >= 0.6 is 79.6 Å². The van der Waals surface area contributed by atoms with E-state index in [0.717, 1.165) is 40.4 Å². The summed E-state index contributed by atoms with van der Waals surface area (Å²) in [5.41, 5.74) is 1.64. The van der Waals surface area contributed by atoms with Gasteiger partial charge in [0.25, 0.3) is 5.97 Å². The van der Waals surface area contributed by atoms with Gasteiger partial charge in [-0.25, -0.2) is 0 Å². The van der Waals surface area contributed by atoms with Crippen LogP contribution in [0.5, 0.6) is 5.75 Å². The highest BCUT2D eigenvalue weighted by atomic mass is 79.9. The van der Waals surface area contributed by atoms with E-state index in [2.05, 4.69) is 79.6 Å². The Hall–Kier alpha value is 0.110. The molecule has 3 nitrogen and oxygen atoms in total. The number of carboxylic acid groups (broad SMARTS) is 1. The smallest absolute Gasteiger partial charge is 0.300 e. The van der Waals surface area contributed by atoms with Crippen LogP contribution in [0.1, 0.15) is 6.92 Å². The van der Waals surface area contributed by atoms with E-state index < -0.39 is 5.97 Å². The molecule has 0 aromatic heterocycles. The molecule has 0 saturated carbocycles. The number of aliphatic carboxylic acids is 1. The molecule has 0 aliphatic heterocycles. The van der Waals surface area contributed by atoms with Gasteiger partial charge in [-0.1, -0.05) is 18.2 Å². The van der Waals surface area contributed by atoms with Gasteiger partial charge in [-0.05, 0) is 85.7 Å². The van der Waals surface area contributed by atoms with Crippen molar-refractivity contribution in [3.05, 3.63) is 46.6 Å². The molecule has 0 spiro atoms. The van der Waals surface area contributed by atoms with E-state index in [0.29, 0.717) is 0 Å². The van der Waals surface area contributed by atoms with Crippen LogP contribution in [0.4, 0.5) is 0 Å². The second-order valence-corrected chi connectivity index (χ2v) is 7.95. The number of benzene rings is 2. The van der Waals surface area contributed by atoms with E-state index in [4.69, 9.17) is 9.90 Å². The summed E-state index contributed by atoms with van der Waals surface area (Å²) >= 11 is 17.6. The number of hydrogen-bond acceptors (Lipinski definition) is 2. The van der Waals surface area contributed by atoms with E-state index in [-0.39, 0.29) is 5.75 Å². The summed E-state index contributed by atoms with van der Waals surface area (Å²) in [6.45, 7) is 1.08. The van der Waals surface area contributed by atoms with Crippen LogP contribution in [0.25, 0.3) is 11.1 Å². The van der Waals surface area contributed by atoms with Crippen molar-refractivity contribution in [2.24, 2.45) is 0 Å². The van der Waals surface area contributed by atoms with Crippen LogP contribution in [-0.4, -0.2) is 16.2 Å². The predicted molar refractivity (Wildman–Crippen MR) is 105 cm³/mol. The Morgan fingerprint density at radius 1 is 0.864 bits per heavy atom. The van der Waals surface area contributed by atoms with E-state index in [9.17, 15) is 5.11 Å². The standard InChI is InChI=1S/C12H5Br5O.C2H4O2/c13-8-7(5-3-1-2-4-6(5)18)9(14)11(16)12(17)10(8)15;1-2(3)4/h1-4,18H;1H3,(H,3,4). The van der Waals surface area contributed by atoms with Crippen molar-refractivity contribution < 1.29 is 15.0 Å². The van der Waals surface area contributed by atoms with Crippen molar-refractivity contribution in [1.29, 1.82) is 0 Å². The third kappa shape index (κ3) is 4.80. The zero-order chi connectivity index (χ0) is 17.0. The van der Waals surface area contributed by atoms with Gasteiger partial charge < -0.3 is 10.2 Å². The van der Waals surface area contributed by atoms with Gasteiger partial charge in [0, 0.05) is 40.4 Å². The summed E-state index contributed by atoms with van der Waals surface area (Å²) < 4.78 is 4.41. The fourth-order valence-electron chi connectivity index (χ4n) is 1.53. The van der Waals surface area contributed by atoms with Gasteiger partial charge in [0.05, 0.1) is 0 Å². The maximum Gasteiger partial charge on any atom is 0.300 e. The Balaban J connectivity index is 0.000000541. The lowest BCUT2D eigenvalue weighted by Gasteiger charge is -2.14. The van der Waals surface area contributed by atoms with Crippen molar-refractivity contribution in [2.75, 3.05) is 0 Å². The SMILES string of the molecule is CC(=O)O.Oc1ccccc1-c1c(Br)c(Br)c(Br)c(Br)c1Br. The molecule has 0 amide bonds. The first-order valence-electron chi connectivity index (χ1n) is 5.67. The maximum atomic E-state index is 9.98. The van der Waals surface area contributed by atoms with Gasteiger partial charge in [0.15, 0.2) is 0 Å². The monoisotopic (exact) mass is 620 g/mol. The summed E-state index contributed by atoms with van der Waals surface area (Å²) in [5, 5.41) is 17.4. The first-order valence-corrected chi connectivity index (χ1v) is 9.64. The number of halogens is 5. The summed E-state index contributed by atoms with van der Waals surface area (Å²) in [6.07, 6.45) is 0. The lowest BCUT2D eigenvalue weighted by molar-refractivity contribution is -0.134. The van der Waals surface area contributed by atoms with Gasteiger partial charge in [0.2, 0.25) is 0 Å². The first kappa shape index (κ1) is 20.2. The molecule has 0 atom stereocenters. The van der Waals surface area contributed by atoms with Crippen molar-refractivity contribution in [1.82, 2.24) is 0 Å². The van der Waals surface area contributed by atoms with Crippen LogP contribution in [0.15, 0.2) is 46.6 Å². The molecule has 0 saturated heterocycles. The van der Waals surface area contributed by atoms with Crippen molar-refractivity contribution in [3.8, 4) is 16.9 Å².